The number of rotatable bonds is 13. The lowest BCUT2D eigenvalue weighted by molar-refractivity contribution is 0.132. The summed E-state index contributed by atoms with van der Waals surface area (Å²) in [5.41, 5.74) is 10.8. The predicted molar refractivity (Wildman–Crippen MR) is 241 cm³/mol. The lowest BCUT2D eigenvalue weighted by Gasteiger charge is -2.45. The van der Waals surface area contributed by atoms with Crippen LogP contribution in [0.3, 0.4) is 0 Å². The van der Waals surface area contributed by atoms with Crippen LogP contribution in [0.1, 0.15) is 187 Å². The summed E-state index contributed by atoms with van der Waals surface area (Å²) in [6.07, 6.45) is 14.0. The van der Waals surface area contributed by atoms with E-state index < -0.39 is 8.60 Å². The molecular formula is C51H81O4P. The van der Waals surface area contributed by atoms with E-state index in [2.05, 4.69) is 162 Å². The van der Waals surface area contributed by atoms with Crippen molar-refractivity contribution >= 4 is 8.60 Å². The minimum absolute atomic E-state index is 0.0140. The van der Waals surface area contributed by atoms with E-state index in [1.165, 1.54) is 39.0 Å². The van der Waals surface area contributed by atoms with Crippen LogP contribution in [0.25, 0.3) is 0 Å². The lowest BCUT2D eigenvalue weighted by atomic mass is 9.65. The quantitative estimate of drug-likeness (QED) is 0.160. The molecule has 1 N–H and O–H groups in total. The molecule has 3 unspecified atom stereocenters. The highest BCUT2D eigenvalue weighted by atomic mass is 31.2. The van der Waals surface area contributed by atoms with Gasteiger partial charge in [0.2, 0.25) is 0 Å². The maximum Gasteiger partial charge on any atom is 0.397 e. The first-order chi connectivity index (χ1) is 25.6. The third-order valence-electron chi connectivity index (χ3n) is 13.9. The summed E-state index contributed by atoms with van der Waals surface area (Å²) < 4.78 is 21.4. The minimum Gasteiger partial charge on any atom is -0.507 e. The van der Waals surface area contributed by atoms with Gasteiger partial charge in [-0.15, -0.1) is 0 Å². The molecule has 4 rings (SSSR count). The highest BCUT2D eigenvalue weighted by Gasteiger charge is 2.45. The van der Waals surface area contributed by atoms with Gasteiger partial charge in [-0.3, -0.25) is 4.52 Å². The average Bonchev–Trinajstić information content (AvgIpc) is 3.10. The van der Waals surface area contributed by atoms with Crippen LogP contribution in [0, 0.1) is 27.6 Å². The summed E-state index contributed by atoms with van der Waals surface area (Å²) in [5, 5.41) is 11.4. The molecule has 0 saturated carbocycles. The van der Waals surface area contributed by atoms with Crippen molar-refractivity contribution in [1.82, 2.24) is 0 Å². The van der Waals surface area contributed by atoms with Crippen molar-refractivity contribution < 1.29 is 18.7 Å². The first-order valence-corrected chi connectivity index (χ1v) is 23.0. The molecule has 0 saturated heterocycles. The SMILES string of the molecule is CCC(C)(C)C1=C/C2=C3/C(=C(C(C)(C)CC)OP(OCCCc4cc(C(C)(C)C)c(O)c(C(C)(C)C)c4)OC2C(C(C)(C)CC)=C1)C=C(C(C)(C)CC)CC3C. The normalized spacial score (nSPS) is 23.1. The fraction of sp³-hybridized carbons (Fsp3) is 0.686. The number of phenols is 1. The van der Waals surface area contributed by atoms with E-state index in [9.17, 15) is 5.11 Å². The van der Waals surface area contributed by atoms with Crippen molar-refractivity contribution in [3.8, 4) is 5.75 Å². The van der Waals surface area contributed by atoms with Gasteiger partial charge in [-0.25, -0.2) is 0 Å². The average molecular weight is 789 g/mol. The molecule has 0 spiro atoms. The number of aryl methyl sites for hydroxylation is 1. The second-order valence-corrected chi connectivity index (χ2v) is 22.9. The van der Waals surface area contributed by atoms with Gasteiger partial charge in [0.05, 0.1) is 6.61 Å². The second kappa shape index (κ2) is 16.9. The maximum absolute atomic E-state index is 11.4. The summed E-state index contributed by atoms with van der Waals surface area (Å²) in [4.78, 5) is 0. The topological polar surface area (TPSA) is 47.9 Å². The summed E-state index contributed by atoms with van der Waals surface area (Å²) in [7, 11) is -1.75. The van der Waals surface area contributed by atoms with Crippen LogP contribution in [0.15, 0.2) is 69.6 Å². The molecule has 0 amide bonds. The number of hydrogen-bond acceptors (Lipinski definition) is 4. The first kappa shape index (κ1) is 46.6. The summed E-state index contributed by atoms with van der Waals surface area (Å²) in [5.74, 6) is 1.73. The number of aromatic hydroxyl groups is 1. The van der Waals surface area contributed by atoms with Gasteiger partial charge < -0.3 is 14.2 Å². The number of hydrogen-bond donors (Lipinski definition) is 1. The molecule has 314 valence electrons. The van der Waals surface area contributed by atoms with Crippen LogP contribution in [0.4, 0.5) is 0 Å². The zero-order valence-electron chi connectivity index (χ0n) is 39.3. The molecule has 1 aliphatic heterocycles. The molecule has 3 aliphatic rings. The Morgan fingerprint density at radius 2 is 1.25 bits per heavy atom. The Morgan fingerprint density at radius 3 is 1.75 bits per heavy atom. The fourth-order valence-corrected chi connectivity index (χ4v) is 9.38. The van der Waals surface area contributed by atoms with Crippen molar-refractivity contribution in [1.29, 1.82) is 0 Å². The predicted octanol–water partition coefficient (Wildman–Crippen LogP) is 15.7. The summed E-state index contributed by atoms with van der Waals surface area (Å²) >= 11 is 0. The van der Waals surface area contributed by atoms with E-state index in [4.69, 9.17) is 13.6 Å². The summed E-state index contributed by atoms with van der Waals surface area (Å²) in [6, 6.07) is 4.40. The van der Waals surface area contributed by atoms with E-state index in [1.54, 1.807) is 0 Å². The van der Waals surface area contributed by atoms with Crippen LogP contribution >= 0.6 is 8.60 Å². The van der Waals surface area contributed by atoms with Crippen molar-refractivity contribution in [2.24, 2.45) is 27.6 Å². The Labute approximate surface area is 345 Å². The highest BCUT2D eigenvalue weighted by molar-refractivity contribution is 7.41. The van der Waals surface area contributed by atoms with Gasteiger partial charge in [-0.05, 0) is 117 Å². The summed E-state index contributed by atoms with van der Waals surface area (Å²) in [6.45, 7) is 44.1. The van der Waals surface area contributed by atoms with Gasteiger partial charge in [-0.2, -0.15) is 0 Å². The Morgan fingerprint density at radius 1 is 0.714 bits per heavy atom. The van der Waals surface area contributed by atoms with Gasteiger partial charge in [0.1, 0.15) is 17.6 Å². The Balaban J connectivity index is 1.89. The molecule has 1 aromatic carbocycles. The molecule has 1 aromatic rings. The second-order valence-electron chi connectivity index (χ2n) is 21.8. The van der Waals surface area contributed by atoms with Gasteiger partial charge in [0.15, 0.2) is 0 Å². The molecular weight excluding hydrogens is 708 g/mol. The minimum atomic E-state index is -1.75. The van der Waals surface area contributed by atoms with E-state index in [0.29, 0.717) is 18.3 Å². The molecule has 4 nitrogen and oxygen atoms in total. The zero-order chi connectivity index (χ0) is 42.4. The van der Waals surface area contributed by atoms with Crippen LogP contribution in [-0.2, 0) is 30.8 Å². The van der Waals surface area contributed by atoms with Gasteiger partial charge in [0.25, 0.3) is 0 Å². The molecule has 3 atom stereocenters. The molecule has 0 bridgehead atoms. The standard InChI is InChI=1S/C51H81O4P/c1-20-48(12,13)35-27-33(5)42-37-30-36(49(14,15)21-2)32-41(50(16,17)22-3)44(37)54-56(55-45(38(42)31-35)51(18,19)23-4)53-26-24-25-34-28-39(46(6,7)8)43(52)40(29-34)47(9,10)11/h28-33,44,52H,20-27H2,1-19H3/b42-37-,45-38?. The highest BCUT2D eigenvalue weighted by Crippen LogP contribution is 2.59. The largest absolute Gasteiger partial charge is 0.507 e. The van der Waals surface area contributed by atoms with Crippen LogP contribution in [0.2, 0.25) is 0 Å². The molecule has 0 radical (unpaired) electrons. The Kier molecular flexibility index (Phi) is 14.0. The molecule has 1 heterocycles. The van der Waals surface area contributed by atoms with Crippen molar-refractivity contribution in [3.63, 3.8) is 0 Å². The molecule has 2 aliphatic carbocycles. The first-order valence-electron chi connectivity index (χ1n) is 21.9. The monoisotopic (exact) mass is 789 g/mol. The third kappa shape index (κ3) is 9.83. The van der Waals surface area contributed by atoms with Gasteiger partial charge in [0, 0.05) is 11.0 Å². The number of benzene rings is 1. The molecule has 5 heteroatoms. The molecule has 0 aromatic heterocycles. The van der Waals surface area contributed by atoms with Crippen molar-refractivity contribution in [3.05, 3.63) is 86.2 Å². The van der Waals surface area contributed by atoms with E-state index in [1.807, 2.05) is 0 Å². The van der Waals surface area contributed by atoms with Crippen molar-refractivity contribution in [2.45, 2.75) is 193 Å². The number of phenolic OH excluding ortho intramolecular Hbond substituents is 1. The van der Waals surface area contributed by atoms with Crippen molar-refractivity contribution in [2.75, 3.05) is 6.61 Å². The fourth-order valence-electron chi connectivity index (χ4n) is 8.05. The maximum atomic E-state index is 11.4. The zero-order valence-corrected chi connectivity index (χ0v) is 40.2. The Bertz CT molecular complexity index is 1730. The van der Waals surface area contributed by atoms with Crippen LogP contribution in [0.5, 0.6) is 5.75 Å². The van der Waals surface area contributed by atoms with Gasteiger partial charge >= 0.3 is 8.60 Å². The number of allylic oxidation sites excluding steroid dienone is 7. The van der Waals surface area contributed by atoms with Crippen LogP contribution in [-0.4, -0.2) is 17.8 Å². The van der Waals surface area contributed by atoms with E-state index in [0.717, 1.165) is 61.8 Å². The van der Waals surface area contributed by atoms with Crippen LogP contribution < -0.4 is 0 Å². The lowest BCUT2D eigenvalue weighted by Crippen LogP contribution is -2.35. The smallest absolute Gasteiger partial charge is 0.397 e. The third-order valence-corrected chi connectivity index (χ3v) is 15.0. The van der Waals surface area contributed by atoms with E-state index >= 15 is 0 Å². The van der Waals surface area contributed by atoms with E-state index in [-0.39, 0.29) is 38.6 Å². The molecule has 56 heavy (non-hydrogen) atoms. The Hall–Kier alpha value is -2.13. The van der Waals surface area contributed by atoms with Gasteiger partial charge in [-0.1, -0.05) is 167 Å². The molecule has 0 fully saturated rings. The number of fused-ring (bicyclic) bond motifs is 2.